The molecular formula is C44H66O2S. The number of phenolic OH excluding ortho intramolecular Hbond substituents is 2. The molecule has 0 saturated heterocycles. The molecule has 4 rings (SSSR count). The molecule has 2 nitrogen and oxygen atoms in total. The third kappa shape index (κ3) is 8.73. The lowest BCUT2D eigenvalue weighted by Crippen LogP contribution is -2.20. The zero-order valence-electron chi connectivity index (χ0n) is 32.3. The van der Waals surface area contributed by atoms with Crippen LogP contribution in [0.5, 0.6) is 11.5 Å². The predicted octanol–water partition coefficient (Wildman–Crippen LogP) is 13.3. The van der Waals surface area contributed by atoms with Crippen LogP contribution in [-0.2, 0) is 21.7 Å². The number of hydrogen-bond acceptors (Lipinski definition) is 3. The van der Waals surface area contributed by atoms with Crippen molar-refractivity contribution in [3.8, 4) is 11.5 Å². The second-order valence-electron chi connectivity index (χ2n) is 19.0. The fourth-order valence-electron chi connectivity index (χ4n) is 7.56. The van der Waals surface area contributed by atoms with Crippen LogP contribution in [0, 0.1) is 11.8 Å². The average molecular weight is 659 g/mol. The molecule has 0 fully saturated rings. The molecule has 0 amide bonds. The second kappa shape index (κ2) is 13.6. The van der Waals surface area contributed by atoms with E-state index in [9.17, 15) is 10.2 Å². The van der Waals surface area contributed by atoms with E-state index in [1.165, 1.54) is 48.0 Å². The average Bonchev–Trinajstić information content (AvgIpc) is 2.92. The Bertz CT molecular complexity index is 1310. The van der Waals surface area contributed by atoms with Crippen molar-refractivity contribution in [2.75, 3.05) is 0 Å². The fraction of sp³-hybridized carbons (Fsp3) is 0.636. The van der Waals surface area contributed by atoms with Gasteiger partial charge in [-0.25, -0.2) is 0 Å². The summed E-state index contributed by atoms with van der Waals surface area (Å²) in [6, 6.07) is 9.31. The summed E-state index contributed by atoms with van der Waals surface area (Å²) in [6.07, 6.45) is 12.3. The van der Waals surface area contributed by atoms with Crippen molar-refractivity contribution < 1.29 is 10.2 Å². The molecule has 260 valence electrons. The van der Waals surface area contributed by atoms with Crippen molar-refractivity contribution in [2.45, 2.75) is 168 Å². The van der Waals surface area contributed by atoms with Crippen LogP contribution in [0.3, 0.4) is 0 Å². The smallest absolute Gasteiger partial charge is 0.123 e. The van der Waals surface area contributed by atoms with Crippen LogP contribution in [0.4, 0.5) is 0 Å². The van der Waals surface area contributed by atoms with Crippen LogP contribution in [0.15, 0.2) is 47.6 Å². The van der Waals surface area contributed by atoms with Crippen LogP contribution in [0.1, 0.15) is 179 Å². The Labute approximate surface area is 292 Å². The van der Waals surface area contributed by atoms with Crippen molar-refractivity contribution in [3.63, 3.8) is 0 Å². The molecule has 0 aliphatic heterocycles. The van der Waals surface area contributed by atoms with Crippen LogP contribution >= 0.6 is 11.8 Å². The number of phenols is 2. The minimum atomic E-state index is -0.190. The van der Waals surface area contributed by atoms with Crippen molar-refractivity contribution in [1.29, 1.82) is 0 Å². The maximum absolute atomic E-state index is 11.7. The Hall–Kier alpha value is -2.13. The summed E-state index contributed by atoms with van der Waals surface area (Å²) in [5.41, 5.74) is 9.05. The van der Waals surface area contributed by atoms with Gasteiger partial charge < -0.3 is 10.2 Å². The number of rotatable bonds is 6. The summed E-state index contributed by atoms with van der Waals surface area (Å²) in [6.45, 7) is 31.4. The normalized spacial score (nSPS) is 21.2. The van der Waals surface area contributed by atoms with Gasteiger partial charge in [-0.15, -0.1) is 11.8 Å². The molecule has 2 aliphatic rings. The molecule has 0 radical (unpaired) electrons. The summed E-state index contributed by atoms with van der Waals surface area (Å²) in [5.74, 6) is 2.02. The first-order valence-corrected chi connectivity index (χ1v) is 19.2. The van der Waals surface area contributed by atoms with E-state index < -0.39 is 0 Å². The van der Waals surface area contributed by atoms with E-state index in [4.69, 9.17) is 0 Å². The zero-order chi connectivity index (χ0) is 35.3. The molecule has 0 bridgehead atoms. The van der Waals surface area contributed by atoms with Gasteiger partial charge in [-0.3, -0.25) is 0 Å². The maximum Gasteiger partial charge on any atom is 0.123 e. The molecule has 2 N–H and O–H groups in total. The van der Waals surface area contributed by atoms with Gasteiger partial charge in [0, 0.05) is 0 Å². The number of allylic oxidation sites excluding steroid dienone is 2. The van der Waals surface area contributed by atoms with Gasteiger partial charge in [0.1, 0.15) is 11.5 Å². The molecule has 2 aromatic carbocycles. The van der Waals surface area contributed by atoms with Gasteiger partial charge in [0.25, 0.3) is 0 Å². The topological polar surface area (TPSA) is 40.5 Å². The molecular weight excluding hydrogens is 593 g/mol. The highest BCUT2D eigenvalue weighted by Crippen LogP contribution is 2.55. The first kappa shape index (κ1) is 37.7. The quantitative estimate of drug-likeness (QED) is 0.303. The Kier molecular flexibility index (Phi) is 10.9. The molecule has 0 aromatic heterocycles. The number of hydrogen-bond donors (Lipinski definition) is 2. The molecule has 0 saturated carbocycles. The van der Waals surface area contributed by atoms with Crippen molar-refractivity contribution >= 4 is 11.8 Å². The Morgan fingerprint density at radius 3 is 1.04 bits per heavy atom. The number of thioether (sulfide) groups is 1. The lowest BCUT2D eigenvalue weighted by molar-refractivity contribution is 0.422. The Morgan fingerprint density at radius 2 is 0.809 bits per heavy atom. The van der Waals surface area contributed by atoms with Crippen molar-refractivity contribution in [2.24, 2.45) is 11.8 Å². The highest BCUT2D eigenvalue weighted by Gasteiger charge is 2.35. The van der Waals surface area contributed by atoms with Gasteiger partial charge in [-0.2, -0.15) is 0 Å². The standard InChI is InChI=1S/C44H66O2S/c1-27-17-15-19-29(21-27)39(31-23-33(41(3,4)5)37(45)34(24-31)42(6,7)8)47-40(30-20-16-18-28(2)22-30)32-25-35(43(9,10)11)38(46)36(26-32)44(12,13)14/h21-28,39-40,45-46H,15-20H2,1-14H3. The monoisotopic (exact) mass is 658 g/mol. The maximum atomic E-state index is 11.7. The minimum absolute atomic E-state index is 0.161. The summed E-state index contributed by atoms with van der Waals surface area (Å²) in [4.78, 5) is 0. The predicted molar refractivity (Wildman–Crippen MR) is 206 cm³/mol. The molecule has 4 atom stereocenters. The van der Waals surface area contributed by atoms with E-state index in [0.29, 0.717) is 23.3 Å². The molecule has 2 aromatic rings. The molecule has 3 heteroatoms. The zero-order valence-corrected chi connectivity index (χ0v) is 33.1. The summed E-state index contributed by atoms with van der Waals surface area (Å²) >= 11 is 2.10. The first-order chi connectivity index (χ1) is 21.5. The second-order valence-corrected chi connectivity index (χ2v) is 20.3. The molecule has 0 spiro atoms. The Balaban J connectivity index is 2.04. The SMILES string of the molecule is CC1C=C(C(SC(C2=CC(C)CCC2)c2cc(C(C)(C)C)c(O)c(C(C)(C)C)c2)c2cc(C(C)(C)C)c(O)c(C(C)(C)C)c2)CCC1. The van der Waals surface area contributed by atoms with Crippen LogP contribution in [0.25, 0.3) is 0 Å². The van der Waals surface area contributed by atoms with Crippen LogP contribution in [0.2, 0.25) is 0 Å². The van der Waals surface area contributed by atoms with Gasteiger partial charge in [-0.05, 0) is 105 Å². The summed E-state index contributed by atoms with van der Waals surface area (Å²) in [5, 5.41) is 23.7. The van der Waals surface area contributed by atoms with Gasteiger partial charge in [-0.1, -0.05) is 144 Å². The molecule has 0 heterocycles. The van der Waals surface area contributed by atoms with E-state index in [1.54, 1.807) is 0 Å². The summed E-state index contributed by atoms with van der Waals surface area (Å²) < 4.78 is 0. The van der Waals surface area contributed by atoms with Crippen LogP contribution in [-0.4, -0.2) is 10.2 Å². The van der Waals surface area contributed by atoms with Crippen LogP contribution < -0.4 is 0 Å². The van der Waals surface area contributed by atoms with E-state index >= 15 is 0 Å². The van der Waals surface area contributed by atoms with E-state index in [-0.39, 0.29) is 32.2 Å². The molecule has 4 unspecified atom stereocenters. The highest BCUT2D eigenvalue weighted by atomic mass is 32.2. The van der Waals surface area contributed by atoms with E-state index in [1.807, 2.05) is 0 Å². The highest BCUT2D eigenvalue weighted by molar-refractivity contribution is 8.00. The number of benzene rings is 2. The summed E-state index contributed by atoms with van der Waals surface area (Å²) in [7, 11) is 0. The van der Waals surface area contributed by atoms with Crippen molar-refractivity contribution in [3.05, 3.63) is 80.9 Å². The third-order valence-electron chi connectivity index (χ3n) is 10.3. The molecule has 47 heavy (non-hydrogen) atoms. The minimum Gasteiger partial charge on any atom is -0.507 e. The molecule has 2 aliphatic carbocycles. The lowest BCUT2D eigenvalue weighted by Gasteiger charge is -2.35. The van der Waals surface area contributed by atoms with Gasteiger partial charge in [0.2, 0.25) is 0 Å². The largest absolute Gasteiger partial charge is 0.507 e. The van der Waals surface area contributed by atoms with Gasteiger partial charge >= 0.3 is 0 Å². The lowest BCUT2D eigenvalue weighted by atomic mass is 9.77. The third-order valence-corrected chi connectivity index (χ3v) is 12.0. The van der Waals surface area contributed by atoms with Crippen molar-refractivity contribution in [1.82, 2.24) is 0 Å². The Morgan fingerprint density at radius 1 is 0.532 bits per heavy atom. The fourth-order valence-corrected chi connectivity index (χ4v) is 9.16. The van der Waals surface area contributed by atoms with E-state index in [0.717, 1.165) is 35.1 Å². The number of aromatic hydroxyl groups is 2. The van der Waals surface area contributed by atoms with E-state index in [2.05, 4.69) is 145 Å². The first-order valence-electron chi connectivity index (χ1n) is 18.3. The van der Waals surface area contributed by atoms with Gasteiger partial charge in [0.05, 0.1) is 10.5 Å². The van der Waals surface area contributed by atoms with Gasteiger partial charge in [0.15, 0.2) is 0 Å².